The van der Waals surface area contributed by atoms with E-state index >= 15 is 0 Å². The molecule has 3 heterocycles. The van der Waals surface area contributed by atoms with Gasteiger partial charge in [-0.05, 0) is 25.9 Å². The van der Waals surface area contributed by atoms with Crippen LogP contribution in [0.4, 0.5) is 0 Å². The number of thiazole rings is 1. The van der Waals surface area contributed by atoms with Crippen molar-refractivity contribution in [1.82, 2.24) is 30.6 Å². The Labute approximate surface area is 170 Å². The first-order valence-corrected chi connectivity index (χ1v) is 9.17. The van der Waals surface area contributed by atoms with Crippen molar-refractivity contribution in [2.24, 2.45) is 0 Å². The lowest BCUT2D eigenvalue weighted by atomic mass is 9.93. The van der Waals surface area contributed by atoms with Gasteiger partial charge in [-0.25, -0.2) is 9.67 Å². The molecule has 1 aliphatic heterocycles. The molecule has 0 aromatic carbocycles. The van der Waals surface area contributed by atoms with E-state index in [-0.39, 0.29) is 36.1 Å². The lowest BCUT2D eigenvalue weighted by molar-refractivity contribution is 0.0945. The highest BCUT2D eigenvalue weighted by Crippen LogP contribution is 2.23. The highest BCUT2D eigenvalue weighted by atomic mass is 35.5. The summed E-state index contributed by atoms with van der Waals surface area (Å²) in [5, 5.41) is 17.3. The highest BCUT2D eigenvalue weighted by Gasteiger charge is 2.20. The van der Waals surface area contributed by atoms with E-state index < -0.39 is 0 Å². The van der Waals surface area contributed by atoms with Gasteiger partial charge in [0, 0.05) is 10.8 Å². The molecule has 2 aromatic heterocycles. The summed E-state index contributed by atoms with van der Waals surface area (Å²) in [5.74, 6) is -0.206. The van der Waals surface area contributed by atoms with Crippen LogP contribution in [0.1, 0.15) is 60.8 Å². The average molecular weight is 421 g/mol. The number of piperidine rings is 1. The third-order valence-corrected chi connectivity index (χ3v) is 4.99. The van der Waals surface area contributed by atoms with Crippen molar-refractivity contribution in [2.75, 3.05) is 13.1 Å². The van der Waals surface area contributed by atoms with Gasteiger partial charge in [0.25, 0.3) is 5.91 Å². The van der Waals surface area contributed by atoms with E-state index in [1.54, 1.807) is 17.5 Å². The quantitative estimate of drug-likeness (QED) is 0.793. The molecule has 0 aliphatic carbocycles. The first-order valence-electron chi connectivity index (χ1n) is 8.29. The van der Waals surface area contributed by atoms with Gasteiger partial charge in [-0.15, -0.1) is 41.2 Å². The maximum atomic E-state index is 12.3. The Hall–Kier alpha value is -1.22. The first-order chi connectivity index (χ1) is 11.4. The number of nitrogens with one attached hydrogen (secondary N) is 2. The zero-order valence-electron chi connectivity index (χ0n) is 15.2. The Morgan fingerprint density at radius 1 is 1.35 bits per heavy atom. The monoisotopic (exact) mass is 420 g/mol. The number of halogens is 2. The second-order valence-electron chi connectivity index (χ2n) is 7.12. The second-order valence-corrected chi connectivity index (χ2v) is 8.07. The number of hydrogen-bond acceptors (Lipinski definition) is 6. The van der Waals surface area contributed by atoms with Gasteiger partial charge in [0.1, 0.15) is 5.01 Å². The number of carbonyl (C=O) groups excluding carboxylic acids is 1. The summed E-state index contributed by atoms with van der Waals surface area (Å²) in [4.78, 5) is 16.8. The summed E-state index contributed by atoms with van der Waals surface area (Å²) >= 11 is 1.57. The van der Waals surface area contributed by atoms with Gasteiger partial charge in [-0.1, -0.05) is 26.0 Å². The number of nitrogens with zero attached hydrogens (tertiary/aromatic N) is 4. The standard InChI is InChI=1S/C16H24N6OS.2ClH/c1-16(2,3)13-10-24-14(19-13)8-18-15(23)12-9-22(21-20-12)11-4-6-17-7-5-11;;/h9-11,17H,4-8H2,1-3H3,(H,18,23);2*1H. The number of amides is 1. The number of rotatable bonds is 4. The molecule has 146 valence electrons. The summed E-state index contributed by atoms with van der Waals surface area (Å²) < 4.78 is 1.82. The lowest BCUT2D eigenvalue weighted by Crippen LogP contribution is -2.29. The molecular weight excluding hydrogens is 395 g/mol. The number of aromatic nitrogens is 4. The Bertz CT molecular complexity index is 706. The van der Waals surface area contributed by atoms with Crippen LogP contribution in [0.5, 0.6) is 0 Å². The van der Waals surface area contributed by atoms with Crippen LogP contribution in [0, 0.1) is 0 Å². The third kappa shape index (κ3) is 5.64. The van der Waals surface area contributed by atoms with Gasteiger partial charge < -0.3 is 10.6 Å². The van der Waals surface area contributed by atoms with Crippen LogP contribution < -0.4 is 10.6 Å². The SMILES string of the molecule is CC(C)(C)c1csc(CNC(=O)c2cn(C3CCNCC3)nn2)n1.Cl.Cl. The minimum atomic E-state index is -0.206. The minimum absolute atomic E-state index is 0. The molecular formula is C16H26Cl2N6OS. The van der Waals surface area contributed by atoms with Gasteiger partial charge in [0.05, 0.1) is 24.5 Å². The van der Waals surface area contributed by atoms with E-state index in [4.69, 9.17) is 0 Å². The van der Waals surface area contributed by atoms with Crippen molar-refractivity contribution in [3.8, 4) is 0 Å². The molecule has 1 amide bonds. The van der Waals surface area contributed by atoms with Gasteiger partial charge in [-0.3, -0.25) is 4.79 Å². The van der Waals surface area contributed by atoms with Crippen molar-refractivity contribution >= 4 is 42.1 Å². The molecule has 26 heavy (non-hydrogen) atoms. The van der Waals surface area contributed by atoms with Crippen molar-refractivity contribution < 1.29 is 4.79 Å². The van der Waals surface area contributed by atoms with Crippen molar-refractivity contribution in [2.45, 2.75) is 51.6 Å². The molecule has 7 nitrogen and oxygen atoms in total. The van der Waals surface area contributed by atoms with Crippen LogP contribution in [0.15, 0.2) is 11.6 Å². The average Bonchev–Trinajstić information content (AvgIpc) is 3.22. The molecule has 3 rings (SSSR count). The molecule has 2 aromatic rings. The van der Waals surface area contributed by atoms with Crippen LogP contribution >= 0.6 is 36.2 Å². The maximum Gasteiger partial charge on any atom is 0.273 e. The summed E-state index contributed by atoms with van der Waals surface area (Å²) in [5.41, 5.74) is 1.44. The van der Waals surface area contributed by atoms with Gasteiger partial charge >= 0.3 is 0 Å². The normalized spacial score (nSPS) is 15.0. The summed E-state index contributed by atoms with van der Waals surface area (Å²) in [7, 11) is 0. The summed E-state index contributed by atoms with van der Waals surface area (Å²) in [6, 6.07) is 0.327. The van der Waals surface area contributed by atoms with Crippen LogP contribution in [0.3, 0.4) is 0 Å². The lowest BCUT2D eigenvalue weighted by Gasteiger charge is -2.22. The first kappa shape index (κ1) is 22.8. The highest BCUT2D eigenvalue weighted by molar-refractivity contribution is 7.09. The van der Waals surface area contributed by atoms with Crippen LogP contribution in [0.2, 0.25) is 0 Å². The molecule has 10 heteroatoms. The smallest absolute Gasteiger partial charge is 0.273 e. The van der Waals surface area contributed by atoms with Gasteiger partial charge in [0.2, 0.25) is 0 Å². The zero-order chi connectivity index (χ0) is 17.2. The van der Waals surface area contributed by atoms with Gasteiger partial charge in [0.15, 0.2) is 5.69 Å². The Morgan fingerprint density at radius 2 is 2.04 bits per heavy atom. The van der Waals surface area contributed by atoms with Crippen molar-refractivity contribution in [3.05, 3.63) is 28.0 Å². The topological polar surface area (TPSA) is 84.7 Å². The third-order valence-electron chi connectivity index (χ3n) is 4.15. The maximum absolute atomic E-state index is 12.3. The van der Waals surface area contributed by atoms with Crippen molar-refractivity contribution in [1.29, 1.82) is 0 Å². The Morgan fingerprint density at radius 3 is 2.65 bits per heavy atom. The molecule has 0 bridgehead atoms. The molecule has 0 unspecified atom stereocenters. The minimum Gasteiger partial charge on any atom is -0.344 e. The van der Waals surface area contributed by atoms with E-state index in [0.717, 1.165) is 36.6 Å². The number of hydrogen-bond donors (Lipinski definition) is 2. The van der Waals surface area contributed by atoms with Crippen LogP contribution in [0.25, 0.3) is 0 Å². The van der Waals surface area contributed by atoms with Crippen LogP contribution in [-0.4, -0.2) is 39.0 Å². The van der Waals surface area contributed by atoms with E-state index in [1.807, 2.05) is 4.68 Å². The molecule has 0 spiro atoms. The molecule has 1 saturated heterocycles. The molecule has 1 aliphatic rings. The fourth-order valence-electron chi connectivity index (χ4n) is 2.61. The van der Waals surface area contributed by atoms with E-state index in [0.29, 0.717) is 18.3 Å². The molecule has 0 saturated carbocycles. The van der Waals surface area contributed by atoms with Crippen molar-refractivity contribution in [3.63, 3.8) is 0 Å². The molecule has 1 fully saturated rings. The largest absolute Gasteiger partial charge is 0.344 e. The van der Waals surface area contributed by atoms with E-state index in [1.165, 1.54) is 0 Å². The van der Waals surface area contributed by atoms with Crippen LogP contribution in [-0.2, 0) is 12.0 Å². The van der Waals surface area contributed by atoms with Gasteiger partial charge in [-0.2, -0.15) is 0 Å². The fraction of sp³-hybridized carbons (Fsp3) is 0.625. The Kier molecular flexibility index (Phi) is 8.46. The summed E-state index contributed by atoms with van der Waals surface area (Å²) in [6.45, 7) is 8.76. The van der Waals surface area contributed by atoms with E-state index in [9.17, 15) is 4.79 Å². The Balaban J connectivity index is 0.00000169. The molecule has 0 radical (unpaired) electrons. The predicted octanol–water partition coefficient (Wildman–Crippen LogP) is 2.73. The predicted molar refractivity (Wildman–Crippen MR) is 108 cm³/mol. The second kappa shape index (κ2) is 9.64. The zero-order valence-corrected chi connectivity index (χ0v) is 17.6. The molecule has 0 atom stereocenters. The number of carbonyl (C=O) groups is 1. The van der Waals surface area contributed by atoms with E-state index in [2.05, 4.69) is 52.1 Å². The fourth-order valence-corrected chi connectivity index (χ4v) is 3.57. The summed E-state index contributed by atoms with van der Waals surface area (Å²) in [6.07, 6.45) is 3.77. The molecule has 2 N–H and O–H groups in total.